The molecule has 7 heteroatoms. The van der Waals surface area contributed by atoms with Crippen LogP contribution in [0.1, 0.15) is 50.1 Å². The molecule has 2 aromatic carbocycles. The minimum Gasteiger partial charge on any atom is -0.336 e. The van der Waals surface area contributed by atoms with Crippen LogP contribution in [0.3, 0.4) is 0 Å². The van der Waals surface area contributed by atoms with Crippen LogP contribution in [0.15, 0.2) is 42.5 Å². The normalized spacial score (nSPS) is 11.0. The van der Waals surface area contributed by atoms with E-state index in [-0.39, 0.29) is 5.91 Å². The van der Waals surface area contributed by atoms with Crippen molar-refractivity contribution in [3.63, 3.8) is 0 Å². The Labute approximate surface area is 198 Å². The molecule has 0 aliphatic carbocycles. The molecule has 3 aromatic rings. The number of nitrogens with zero attached hydrogens (tertiary/aromatic N) is 2. The van der Waals surface area contributed by atoms with Crippen molar-refractivity contribution in [2.45, 2.75) is 39.5 Å². The Bertz CT molecular complexity index is 1030. The van der Waals surface area contributed by atoms with Crippen molar-refractivity contribution in [2.75, 3.05) is 13.1 Å². The second-order valence-corrected chi connectivity index (χ2v) is 8.67. The van der Waals surface area contributed by atoms with E-state index in [1.807, 2.05) is 30.0 Å². The number of amides is 1. The summed E-state index contributed by atoms with van der Waals surface area (Å²) in [5.74, 6) is 0.175. The number of aromatic amines is 1. The second kappa shape index (κ2) is 11.0. The fraction of sp³-hybridized carbons (Fsp3) is 0.333. The molecular weight excluding hydrogens is 453 g/mol. The Kier molecular flexibility index (Phi) is 8.42. The summed E-state index contributed by atoms with van der Waals surface area (Å²) in [6.07, 6.45) is 4.43. The Hall–Kier alpha value is -2.01. The molecule has 31 heavy (non-hydrogen) atoms. The molecule has 0 atom stereocenters. The van der Waals surface area contributed by atoms with Gasteiger partial charge in [-0.3, -0.25) is 4.79 Å². The molecule has 0 saturated carbocycles. The molecule has 0 radical (unpaired) electrons. The number of hydrogen-bond donors (Lipinski definition) is 1. The van der Waals surface area contributed by atoms with Crippen molar-refractivity contribution in [1.82, 2.24) is 14.9 Å². The van der Waals surface area contributed by atoms with Gasteiger partial charge in [0, 0.05) is 34.3 Å². The number of carbonyl (C=O) groups excluding carboxylic acids is 1. The van der Waals surface area contributed by atoms with E-state index in [2.05, 4.69) is 16.9 Å². The first kappa shape index (κ1) is 23.6. The van der Waals surface area contributed by atoms with Crippen LogP contribution in [-0.2, 0) is 0 Å². The number of carbonyl (C=O) groups is 1. The monoisotopic (exact) mass is 477 g/mol. The van der Waals surface area contributed by atoms with Crippen molar-refractivity contribution < 1.29 is 4.79 Å². The molecule has 1 amide bonds. The average molecular weight is 479 g/mol. The molecule has 0 spiro atoms. The van der Waals surface area contributed by atoms with Crippen molar-refractivity contribution in [3.05, 3.63) is 63.4 Å². The lowest BCUT2D eigenvalue weighted by molar-refractivity contribution is 0.0750. The summed E-state index contributed by atoms with van der Waals surface area (Å²) in [5.41, 5.74) is 2.89. The molecule has 1 heterocycles. The molecule has 0 aliphatic heterocycles. The van der Waals surface area contributed by atoms with Gasteiger partial charge in [0.15, 0.2) is 5.82 Å². The zero-order valence-electron chi connectivity index (χ0n) is 17.7. The maximum Gasteiger partial charge on any atom is 0.289 e. The van der Waals surface area contributed by atoms with E-state index in [1.165, 1.54) is 6.42 Å². The third kappa shape index (κ3) is 5.82. The summed E-state index contributed by atoms with van der Waals surface area (Å²) in [7, 11) is 0. The van der Waals surface area contributed by atoms with Gasteiger partial charge in [-0.15, -0.1) is 0 Å². The minimum atomic E-state index is -0.120. The highest BCUT2D eigenvalue weighted by Gasteiger charge is 2.23. The molecule has 0 fully saturated rings. The van der Waals surface area contributed by atoms with Gasteiger partial charge in [-0.05, 0) is 43.7 Å². The van der Waals surface area contributed by atoms with Crippen LogP contribution in [0, 0.1) is 0 Å². The summed E-state index contributed by atoms with van der Waals surface area (Å²) < 4.78 is 0. The highest BCUT2D eigenvalue weighted by Crippen LogP contribution is 2.36. The molecule has 0 aliphatic rings. The SMILES string of the molecule is CCCCCCN(CC)C(=O)c1nc(-c2ccc(Cl)cc2)c(-c2ccc(Cl)cc2Cl)[nH]1. The first-order chi connectivity index (χ1) is 14.9. The van der Waals surface area contributed by atoms with Gasteiger partial charge in [-0.1, -0.05) is 73.1 Å². The summed E-state index contributed by atoms with van der Waals surface area (Å²) in [4.78, 5) is 23.0. The first-order valence-electron chi connectivity index (χ1n) is 10.5. The Morgan fingerprint density at radius 1 is 0.968 bits per heavy atom. The van der Waals surface area contributed by atoms with Crippen LogP contribution >= 0.6 is 34.8 Å². The predicted octanol–water partition coefficient (Wildman–Crippen LogP) is 7.75. The van der Waals surface area contributed by atoms with Gasteiger partial charge in [0.25, 0.3) is 5.91 Å². The molecule has 4 nitrogen and oxygen atoms in total. The lowest BCUT2D eigenvalue weighted by atomic mass is 10.1. The van der Waals surface area contributed by atoms with E-state index in [4.69, 9.17) is 34.8 Å². The Morgan fingerprint density at radius 3 is 2.32 bits per heavy atom. The van der Waals surface area contributed by atoms with E-state index >= 15 is 0 Å². The van der Waals surface area contributed by atoms with Gasteiger partial charge in [0.2, 0.25) is 0 Å². The quantitative estimate of drug-likeness (QED) is 0.320. The number of rotatable bonds is 9. The molecule has 1 aromatic heterocycles. The molecule has 1 N–H and O–H groups in total. The molecule has 0 bridgehead atoms. The number of H-pyrrole nitrogens is 1. The van der Waals surface area contributed by atoms with E-state index in [9.17, 15) is 4.79 Å². The van der Waals surface area contributed by atoms with Gasteiger partial charge in [-0.25, -0.2) is 4.98 Å². The molecule has 0 saturated heterocycles. The van der Waals surface area contributed by atoms with Gasteiger partial charge < -0.3 is 9.88 Å². The van der Waals surface area contributed by atoms with E-state index in [0.717, 1.165) is 30.4 Å². The number of halogens is 3. The number of aromatic nitrogens is 2. The van der Waals surface area contributed by atoms with Crippen LogP contribution < -0.4 is 0 Å². The summed E-state index contributed by atoms with van der Waals surface area (Å²) in [6, 6.07) is 12.6. The van der Waals surface area contributed by atoms with Gasteiger partial charge >= 0.3 is 0 Å². The van der Waals surface area contributed by atoms with Crippen molar-refractivity contribution in [3.8, 4) is 22.5 Å². The van der Waals surface area contributed by atoms with E-state index in [0.29, 0.717) is 45.4 Å². The van der Waals surface area contributed by atoms with Crippen LogP contribution in [0.5, 0.6) is 0 Å². The molecular formula is C24H26Cl3N3O. The van der Waals surface area contributed by atoms with Crippen LogP contribution in [0.4, 0.5) is 0 Å². The van der Waals surface area contributed by atoms with Crippen LogP contribution in [0.25, 0.3) is 22.5 Å². The molecule has 164 valence electrons. The average Bonchev–Trinajstić information content (AvgIpc) is 3.19. The number of imidazole rings is 1. The molecule has 0 unspecified atom stereocenters. The summed E-state index contributed by atoms with van der Waals surface area (Å²) >= 11 is 18.6. The first-order valence-corrected chi connectivity index (χ1v) is 11.7. The maximum absolute atomic E-state index is 13.2. The Balaban J connectivity index is 2.00. The van der Waals surface area contributed by atoms with E-state index < -0.39 is 0 Å². The lowest BCUT2D eigenvalue weighted by Crippen LogP contribution is -2.32. The van der Waals surface area contributed by atoms with Crippen LogP contribution in [0.2, 0.25) is 15.1 Å². The van der Waals surface area contributed by atoms with Crippen molar-refractivity contribution in [2.24, 2.45) is 0 Å². The third-order valence-electron chi connectivity index (χ3n) is 5.18. The number of unbranched alkanes of at least 4 members (excludes halogenated alkanes) is 3. The summed E-state index contributed by atoms with van der Waals surface area (Å²) in [5, 5.41) is 1.66. The van der Waals surface area contributed by atoms with Gasteiger partial charge in [0.05, 0.1) is 16.4 Å². The van der Waals surface area contributed by atoms with Crippen molar-refractivity contribution in [1.29, 1.82) is 0 Å². The topological polar surface area (TPSA) is 49.0 Å². The number of benzene rings is 2. The van der Waals surface area contributed by atoms with Crippen molar-refractivity contribution >= 4 is 40.7 Å². The molecule has 3 rings (SSSR count). The fourth-order valence-corrected chi connectivity index (χ4v) is 4.09. The maximum atomic E-state index is 13.2. The number of nitrogens with one attached hydrogen (secondary N) is 1. The largest absolute Gasteiger partial charge is 0.336 e. The van der Waals surface area contributed by atoms with Gasteiger partial charge in [-0.2, -0.15) is 0 Å². The number of hydrogen-bond acceptors (Lipinski definition) is 2. The fourth-order valence-electron chi connectivity index (χ4n) is 3.46. The zero-order valence-corrected chi connectivity index (χ0v) is 20.0. The standard InChI is InChI=1S/C24H26Cl3N3O/c1-3-5-6-7-14-30(4-2)24(31)23-28-21(16-8-10-17(25)11-9-16)22(29-23)19-13-12-18(26)15-20(19)27/h8-13,15H,3-7,14H2,1-2H3,(H,28,29). The van der Waals surface area contributed by atoms with E-state index in [1.54, 1.807) is 24.3 Å². The zero-order chi connectivity index (χ0) is 22.4. The lowest BCUT2D eigenvalue weighted by Gasteiger charge is -2.19. The smallest absolute Gasteiger partial charge is 0.289 e. The predicted molar refractivity (Wildman–Crippen MR) is 130 cm³/mol. The second-order valence-electron chi connectivity index (χ2n) is 7.39. The highest BCUT2D eigenvalue weighted by molar-refractivity contribution is 6.36. The van der Waals surface area contributed by atoms with Crippen LogP contribution in [-0.4, -0.2) is 33.9 Å². The third-order valence-corrected chi connectivity index (χ3v) is 5.97. The summed E-state index contributed by atoms with van der Waals surface area (Å²) in [6.45, 7) is 5.49. The Morgan fingerprint density at radius 2 is 1.68 bits per heavy atom. The minimum absolute atomic E-state index is 0.120. The highest BCUT2D eigenvalue weighted by atomic mass is 35.5. The van der Waals surface area contributed by atoms with Gasteiger partial charge in [0.1, 0.15) is 0 Å².